The fourth-order valence-corrected chi connectivity index (χ4v) is 6.19. The summed E-state index contributed by atoms with van der Waals surface area (Å²) >= 11 is 0. The molecule has 4 rings (SSSR count). The Morgan fingerprint density at radius 2 is 1.27 bits per heavy atom. The molecule has 1 saturated heterocycles. The second-order valence-corrected chi connectivity index (χ2v) is 14.6. The number of hydrogen-bond acceptors (Lipinski definition) is 7. The number of unbranched alkanes of at least 4 members (excludes halogenated alkanes) is 1. The SMILES string of the molecule is CCCCN(C(=O)Nc1ccc(NS(C)(=O)=O)cc1)C1CCN(Cc2ccc(Oc3ccc(NS(C)(=O)=O)cc3)cc2)CC1. The Bertz CT molecular complexity index is 1590. The van der Waals surface area contributed by atoms with Gasteiger partial charge in [-0.1, -0.05) is 25.5 Å². The summed E-state index contributed by atoms with van der Waals surface area (Å²) < 4.78 is 56.4. The smallest absolute Gasteiger partial charge is 0.322 e. The summed E-state index contributed by atoms with van der Waals surface area (Å²) in [4.78, 5) is 17.6. The van der Waals surface area contributed by atoms with E-state index in [4.69, 9.17) is 4.74 Å². The van der Waals surface area contributed by atoms with Gasteiger partial charge in [0.15, 0.2) is 0 Å². The minimum absolute atomic E-state index is 0.138. The zero-order valence-electron chi connectivity index (χ0n) is 25.3. The molecule has 3 aromatic carbocycles. The molecule has 3 N–H and O–H groups in total. The number of nitrogens with one attached hydrogen (secondary N) is 3. The summed E-state index contributed by atoms with van der Waals surface area (Å²) in [5, 5.41) is 2.98. The molecule has 1 fully saturated rings. The van der Waals surface area contributed by atoms with Gasteiger partial charge >= 0.3 is 6.03 Å². The molecule has 44 heavy (non-hydrogen) atoms. The van der Waals surface area contributed by atoms with Crippen molar-refractivity contribution < 1.29 is 26.4 Å². The van der Waals surface area contributed by atoms with Crippen molar-refractivity contribution in [3.05, 3.63) is 78.4 Å². The summed E-state index contributed by atoms with van der Waals surface area (Å²) in [5.74, 6) is 1.30. The fraction of sp³-hybridized carbons (Fsp3) is 0.387. The van der Waals surface area contributed by atoms with Crippen LogP contribution in [0.4, 0.5) is 21.9 Å². The van der Waals surface area contributed by atoms with Gasteiger partial charge in [-0.15, -0.1) is 0 Å². The van der Waals surface area contributed by atoms with Crippen LogP contribution in [0.15, 0.2) is 72.8 Å². The van der Waals surface area contributed by atoms with Crippen molar-refractivity contribution in [3.8, 4) is 11.5 Å². The lowest BCUT2D eigenvalue weighted by molar-refractivity contribution is 0.122. The number of hydrogen-bond donors (Lipinski definition) is 3. The maximum Gasteiger partial charge on any atom is 0.322 e. The summed E-state index contributed by atoms with van der Waals surface area (Å²) in [7, 11) is -6.70. The van der Waals surface area contributed by atoms with E-state index in [1.54, 1.807) is 48.5 Å². The molecular formula is C31H41N5O6S2. The molecule has 3 aromatic rings. The molecule has 0 unspecified atom stereocenters. The number of urea groups is 1. The van der Waals surface area contributed by atoms with Crippen LogP contribution in [0.2, 0.25) is 0 Å². The highest BCUT2D eigenvalue weighted by Crippen LogP contribution is 2.25. The highest BCUT2D eigenvalue weighted by atomic mass is 32.2. The maximum atomic E-state index is 13.3. The lowest BCUT2D eigenvalue weighted by Crippen LogP contribution is -2.49. The van der Waals surface area contributed by atoms with E-state index in [2.05, 4.69) is 26.6 Å². The Hall–Kier alpha value is -3.81. The van der Waals surface area contributed by atoms with Crippen molar-refractivity contribution in [2.45, 2.75) is 45.2 Å². The largest absolute Gasteiger partial charge is 0.457 e. The van der Waals surface area contributed by atoms with Crippen LogP contribution in [-0.4, -0.2) is 70.9 Å². The topological polar surface area (TPSA) is 137 Å². The van der Waals surface area contributed by atoms with Crippen LogP contribution in [0.5, 0.6) is 11.5 Å². The fourth-order valence-electron chi connectivity index (χ4n) is 5.06. The van der Waals surface area contributed by atoms with Crippen LogP contribution in [-0.2, 0) is 26.6 Å². The zero-order valence-corrected chi connectivity index (χ0v) is 27.0. The van der Waals surface area contributed by atoms with Crippen molar-refractivity contribution in [1.82, 2.24) is 9.80 Å². The van der Waals surface area contributed by atoms with Crippen LogP contribution in [0.3, 0.4) is 0 Å². The molecule has 1 aliphatic heterocycles. The number of sulfonamides is 2. The number of nitrogens with zero attached hydrogens (tertiary/aromatic N) is 2. The van der Waals surface area contributed by atoms with Gasteiger partial charge in [-0.25, -0.2) is 21.6 Å². The number of ether oxygens (including phenoxy) is 1. The van der Waals surface area contributed by atoms with Crippen molar-refractivity contribution in [2.24, 2.45) is 0 Å². The number of carbonyl (C=O) groups excluding carboxylic acids is 1. The van der Waals surface area contributed by atoms with E-state index in [1.807, 2.05) is 29.2 Å². The predicted molar refractivity (Wildman–Crippen MR) is 175 cm³/mol. The van der Waals surface area contributed by atoms with E-state index < -0.39 is 20.0 Å². The van der Waals surface area contributed by atoms with Crippen LogP contribution in [0.1, 0.15) is 38.2 Å². The van der Waals surface area contributed by atoms with E-state index in [1.165, 1.54) is 0 Å². The maximum absolute atomic E-state index is 13.3. The molecule has 0 atom stereocenters. The second-order valence-electron chi connectivity index (χ2n) is 11.1. The highest BCUT2D eigenvalue weighted by Gasteiger charge is 2.28. The van der Waals surface area contributed by atoms with Crippen molar-refractivity contribution >= 4 is 43.1 Å². The van der Waals surface area contributed by atoms with Gasteiger partial charge in [0.05, 0.1) is 12.5 Å². The number of piperidine rings is 1. The van der Waals surface area contributed by atoms with Gasteiger partial charge in [-0.05, 0) is 85.5 Å². The van der Waals surface area contributed by atoms with Gasteiger partial charge in [-0.3, -0.25) is 14.3 Å². The van der Waals surface area contributed by atoms with Crippen molar-refractivity contribution in [1.29, 1.82) is 0 Å². The molecule has 0 radical (unpaired) electrons. The highest BCUT2D eigenvalue weighted by molar-refractivity contribution is 7.92. The molecule has 238 valence electrons. The Morgan fingerprint density at radius 3 is 1.77 bits per heavy atom. The van der Waals surface area contributed by atoms with Gasteiger partial charge in [0.1, 0.15) is 11.5 Å². The average molecular weight is 644 g/mol. The van der Waals surface area contributed by atoms with Crippen LogP contribution >= 0.6 is 0 Å². The van der Waals surface area contributed by atoms with Crippen molar-refractivity contribution in [3.63, 3.8) is 0 Å². The first-order valence-corrected chi connectivity index (χ1v) is 18.4. The summed E-state index contributed by atoms with van der Waals surface area (Å²) in [6.07, 6.45) is 5.86. The molecule has 0 aliphatic carbocycles. The van der Waals surface area contributed by atoms with Crippen LogP contribution < -0.4 is 19.5 Å². The van der Waals surface area contributed by atoms with E-state index in [9.17, 15) is 21.6 Å². The molecule has 0 saturated carbocycles. The molecule has 13 heteroatoms. The Labute approximate surface area is 260 Å². The Kier molecular flexibility index (Phi) is 11.1. The summed E-state index contributed by atoms with van der Waals surface area (Å²) in [6.45, 7) is 5.34. The third kappa shape index (κ3) is 10.7. The molecule has 2 amide bonds. The minimum Gasteiger partial charge on any atom is -0.457 e. The number of likely N-dealkylation sites (tertiary alicyclic amines) is 1. The number of carbonyl (C=O) groups is 1. The minimum atomic E-state index is -3.37. The van der Waals surface area contributed by atoms with Gasteiger partial charge in [-0.2, -0.15) is 0 Å². The average Bonchev–Trinajstić information content (AvgIpc) is 2.96. The molecular weight excluding hydrogens is 603 g/mol. The monoisotopic (exact) mass is 643 g/mol. The van der Waals surface area contributed by atoms with E-state index in [-0.39, 0.29) is 12.1 Å². The van der Waals surface area contributed by atoms with E-state index in [0.29, 0.717) is 35.1 Å². The Balaban J connectivity index is 1.27. The zero-order chi connectivity index (χ0) is 31.7. The third-order valence-corrected chi connectivity index (χ3v) is 8.39. The molecule has 0 spiro atoms. The molecule has 11 nitrogen and oxygen atoms in total. The first-order chi connectivity index (χ1) is 20.9. The first-order valence-electron chi connectivity index (χ1n) is 14.6. The second kappa shape index (κ2) is 14.8. The number of rotatable bonds is 13. The standard InChI is InChI=1S/C31H41N5O6S2/c1-4-5-20-36(31(37)32-25-8-10-26(11-9-25)33-43(2,38)39)28-18-21-35(22-19-28)23-24-6-14-29(15-7-24)42-30-16-12-27(13-17-30)34-44(3,40)41/h6-17,28,33-34H,4-5,18-23H2,1-3H3,(H,32,37). The van der Waals surface area contributed by atoms with Gasteiger partial charge in [0.2, 0.25) is 20.0 Å². The molecule has 0 bridgehead atoms. The van der Waals surface area contributed by atoms with Crippen LogP contribution in [0, 0.1) is 0 Å². The quantitative estimate of drug-likeness (QED) is 0.223. The first kappa shape index (κ1) is 33.1. The van der Waals surface area contributed by atoms with Gasteiger partial charge in [0.25, 0.3) is 0 Å². The van der Waals surface area contributed by atoms with Gasteiger partial charge in [0, 0.05) is 49.3 Å². The van der Waals surface area contributed by atoms with E-state index in [0.717, 1.165) is 63.4 Å². The van der Waals surface area contributed by atoms with E-state index >= 15 is 0 Å². The predicted octanol–water partition coefficient (Wildman–Crippen LogP) is 5.52. The van der Waals surface area contributed by atoms with Crippen molar-refractivity contribution in [2.75, 3.05) is 46.9 Å². The number of anilines is 3. The van der Waals surface area contributed by atoms with Gasteiger partial charge < -0.3 is 15.0 Å². The molecule has 0 aromatic heterocycles. The lowest BCUT2D eigenvalue weighted by atomic mass is 10.0. The number of amides is 2. The summed E-state index contributed by atoms with van der Waals surface area (Å²) in [5.41, 5.74) is 2.70. The molecule has 1 heterocycles. The normalized spacial score (nSPS) is 14.5. The number of benzene rings is 3. The Morgan fingerprint density at radius 1 is 0.795 bits per heavy atom. The molecule has 1 aliphatic rings. The lowest BCUT2D eigenvalue weighted by Gasteiger charge is -2.38. The summed E-state index contributed by atoms with van der Waals surface area (Å²) in [6, 6.07) is 21.3. The van der Waals surface area contributed by atoms with Crippen LogP contribution in [0.25, 0.3) is 0 Å². The third-order valence-electron chi connectivity index (χ3n) is 7.17.